The molecule has 0 spiro atoms. The van der Waals surface area contributed by atoms with Crippen molar-refractivity contribution in [1.82, 2.24) is 0 Å². The fraction of sp³-hybridized carbons (Fsp3) is 0.750. The third-order valence-electron chi connectivity index (χ3n) is 1.43. The van der Waals surface area contributed by atoms with Gasteiger partial charge in [0.05, 0.1) is 13.2 Å². The normalized spacial score (nSPS) is 10.6. The summed E-state index contributed by atoms with van der Waals surface area (Å²) in [7, 11) is 0. The predicted molar refractivity (Wildman–Crippen MR) is 53.8 cm³/mol. The van der Waals surface area contributed by atoms with Crippen LogP contribution in [0.5, 0.6) is 0 Å². The zero-order chi connectivity index (χ0) is 12.4. The van der Waals surface area contributed by atoms with E-state index in [1.54, 1.807) is 0 Å². The molecular weight excluding hydrogens is 240 g/mol. The molecule has 0 aromatic rings. The maximum Gasteiger partial charge on any atom is 0.304 e. The Morgan fingerprint density at radius 1 is 0.938 bits per heavy atom. The molecular formula is C8H14O7S. The SMILES string of the molecule is O=C(O)CCCOS(=O)OCCCC(=O)O. The van der Waals surface area contributed by atoms with Gasteiger partial charge in [-0.2, -0.15) is 4.21 Å². The Hall–Kier alpha value is -0.990. The number of carboxylic acid groups (broad SMARTS) is 2. The molecule has 0 radical (unpaired) electrons. The van der Waals surface area contributed by atoms with Gasteiger partial charge in [-0.3, -0.25) is 18.0 Å². The summed E-state index contributed by atoms with van der Waals surface area (Å²) >= 11 is -1.94. The quantitative estimate of drug-likeness (QED) is 0.540. The van der Waals surface area contributed by atoms with Crippen LogP contribution in [0.1, 0.15) is 25.7 Å². The first-order chi connectivity index (χ1) is 7.52. The second-order valence-corrected chi connectivity index (χ2v) is 3.72. The van der Waals surface area contributed by atoms with Crippen molar-refractivity contribution >= 4 is 23.3 Å². The summed E-state index contributed by atoms with van der Waals surface area (Å²) in [5, 5.41) is 16.6. The van der Waals surface area contributed by atoms with Gasteiger partial charge in [0, 0.05) is 12.8 Å². The van der Waals surface area contributed by atoms with Crippen LogP contribution in [0.3, 0.4) is 0 Å². The van der Waals surface area contributed by atoms with Crippen molar-refractivity contribution in [3.8, 4) is 0 Å². The van der Waals surface area contributed by atoms with Crippen molar-refractivity contribution in [2.75, 3.05) is 13.2 Å². The summed E-state index contributed by atoms with van der Waals surface area (Å²) in [5.74, 6) is -1.89. The lowest BCUT2D eigenvalue weighted by Crippen LogP contribution is -2.07. The molecule has 0 saturated heterocycles. The Morgan fingerprint density at radius 2 is 1.31 bits per heavy atom. The Bertz CT molecular complexity index is 229. The van der Waals surface area contributed by atoms with E-state index in [0.29, 0.717) is 0 Å². The van der Waals surface area contributed by atoms with Crippen LogP contribution < -0.4 is 0 Å². The van der Waals surface area contributed by atoms with E-state index in [1.807, 2.05) is 0 Å². The Morgan fingerprint density at radius 3 is 1.62 bits per heavy atom. The number of rotatable bonds is 10. The van der Waals surface area contributed by atoms with Crippen LogP contribution >= 0.6 is 0 Å². The fourth-order valence-electron chi connectivity index (χ4n) is 0.735. The monoisotopic (exact) mass is 254 g/mol. The van der Waals surface area contributed by atoms with Crippen molar-refractivity contribution in [3.05, 3.63) is 0 Å². The van der Waals surface area contributed by atoms with Gasteiger partial charge in [0.25, 0.3) is 0 Å². The minimum absolute atomic E-state index is 0.0256. The maximum atomic E-state index is 10.9. The van der Waals surface area contributed by atoms with E-state index in [9.17, 15) is 13.8 Å². The molecule has 0 aliphatic rings. The molecule has 0 atom stereocenters. The summed E-state index contributed by atoms with van der Waals surface area (Å²) in [6, 6.07) is 0. The van der Waals surface area contributed by atoms with Gasteiger partial charge in [-0.1, -0.05) is 0 Å². The van der Waals surface area contributed by atoms with Gasteiger partial charge in [0.1, 0.15) is 0 Å². The van der Waals surface area contributed by atoms with E-state index in [2.05, 4.69) is 8.37 Å². The minimum atomic E-state index is -1.94. The average Bonchev–Trinajstić information content (AvgIpc) is 2.19. The molecule has 0 aliphatic heterocycles. The molecule has 0 aliphatic carbocycles. The van der Waals surface area contributed by atoms with Crippen molar-refractivity contribution in [2.45, 2.75) is 25.7 Å². The molecule has 7 nitrogen and oxygen atoms in total. The van der Waals surface area contributed by atoms with E-state index in [-0.39, 0.29) is 38.9 Å². The first kappa shape index (κ1) is 15.0. The van der Waals surface area contributed by atoms with Crippen LogP contribution in [0.2, 0.25) is 0 Å². The molecule has 0 unspecified atom stereocenters. The molecule has 0 aromatic carbocycles. The first-order valence-electron chi connectivity index (χ1n) is 4.64. The highest BCUT2D eigenvalue weighted by Crippen LogP contribution is 1.97. The Balaban J connectivity index is 3.31. The van der Waals surface area contributed by atoms with Crippen LogP contribution in [0.4, 0.5) is 0 Å². The summed E-state index contributed by atoms with van der Waals surface area (Å²) in [6.07, 6.45) is 0.381. The molecule has 0 heterocycles. The average molecular weight is 254 g/mol. The van der Waals surface area contributed by atoms with E-state index in [4.69, 9.17) is 10.2 Å². The molecule has 8 heteroatoms. The second kappa shape index (κ2) is 9.25. The third kappa shape index (κ3) is 11.1. The molecule has 2 N–H and O–H groups in total. The molecule has 0 aromatic heterocycles. The van der Waals surface area contributed by atoms with Gasteiger partial charge in [-0.15, -0.1) is 0 Å². The van der Waals surface area contributed by atoms with Crippen LogP contribution in [0.15, 0.2) is 0 Å². The van der Waals surface area contributed by atoms with Gasteiger partial charge in [0.2, 0.25) is 0 Å². The van der Waals surface area contributed by atoms with Gasteiger partial charge < -0.3 is 10.2 Å². The fourth-order valence-corrected chi connectivity index (χ4v) is 1.31. The molecule has 16 heavy (non-hydrogen) atoms. The second-order valence-electron chi connectivity index (χ2n) is 2.84. The van der Waals surface area contributed by atoms with Gasteiger partial charge in [-0.25, -0.2) is 0 Å². The van der Waals surface area contributed by atoms with Crippen LogP contribution in [0, 0.1) is 0 Å². The van der Waals surface area contributed by atoms with Gasteiger partial charge in [0.15, 0.2) is 0 Å². The lowest BCUT2D eigenvalue weighted by molar-refractivity contribution is -0.138. The number of aliphatic carboxylic acids is 2. The highest BCUT2D eigenvalue weighted by Gasteiger charge is 2.03. The topological polar surface area (TPSA) is 110 Å². The highest BCUT2D eigenvalue weighted by atomic mass is 32.2. The number of hydrogen-bond acceptors (Lipinski definition) is 5. The summed E-state index contributed by atoms with van der Waals surface area (Å²) in [6.45, 7) is 0.0513. The Labute approximate surface area is 95.2 Å². The van der Waals surface area contributed by atoms with Gasteiger partial charge >= 0.3 is 23.3 Å². The van der Waals surface area contributed by atoms with Crippen molar-refractivity contribution in [2.24, 2.45) is 0 Å². The van der Waals surface area contributed by atoms with E-state index >= 15 is 0 Å². The maximum absolute atomic E-state index is 10.9. The number of hydrogen-bond donors (Lipinski definition) is 2. The standard InChI is InChI=1S/C8H14O7S/c9-7(10)3-1-5-14-16(13)15-6-2-4-8(11)12/h1-6H2,(H,9,10)(H,11,12). The highest BCUT2D eigenvalue weighted by molar-refractivity contribution is 7.75. The summed E-state index contributed by atoms with van der Waals surface area (Å²) in [5.41, 5.74) is 0. The predicted octanol–water partition coefficient (Wildman–Crippen LogP) is 0.328. The molecule has 0 amide bonds. The van der Waals surface area contributed by atoms with Crippen LogP contribution in [0.25, 0.3) is 0 Å². The van der Waals surface area contributed by atoms with Crippen molar-refractivity contribution < 1.29 is 32.4 Å². The van der Waals surface area contributed by atoms with Crippen LogP contribution in [-0.2, 0) is 29.3 Å². The molecule has 0 rings (SSSR count). The van der Waals surface area contributed by atoms with Crippen LogP contribution in [-0.4, -0.2) is 39.6 Å². The lowest BCUT2D eigenvalue weighted by Gasteiger charge is -2.02. The summed E-state index contributed by atoms with van der Waals surface area (Å²) < 4.78 is 20.2. The number of carboxylic acids is 2. The van der Waals surface area contributed by atoms with E-state index < -0.39 is 23.3 Å². The zero-order valence-electron chi connectivity index (χ0n) is 8.59. The minimum Gasteiger partial charge on any atom is -0.481 e. The first-order valence-corrected chi connectivity index (χ1v) is 5.64. The third-order valence-corrected chi connectivity index (χ3v) is 2.15. The smallest absolute Gasteiger partial charge is 0.304 e. The van der Waals surface area contributed by atoms with E-state index in [0.717, 1.165) is 0 Å². The largest absolute Gasteiger partial charge is 0.481 e. The number of carbonyl (C=O) groups is 2. The van der Waals surface area contributed by atoms with Gasteiger partial charge in [-0.05, 0) is 12.8 Å². The lowest BCUT2D eigenvalue weighted by atomic mass is 10.3. The molecule has 0 bridgehead atoms. The molecule has 0 fully saturated rings. The zero-order valence-corrected chi connectivity index (χ0v) is 9.40. The van der Waals surface area contributed by atoms with Crippen molar-refractivity contribution in [1.29, 1.82) is 0 Å². The molecule has 0 saturated carbocycles. The molecule has 94 valence electrons. The Kier molecular flexibility index (Phi) is 8.68. The summed E-state index contributed by atoms with van der Waals surface area (Å²) in [4.78, 5) is 20.2. The van der Waals surface area contributed by atoms with E-state index in [1.165, 1.54) is 0 Å². The van der Waals surface area contributed by atoms with Crippen molar-refractivity contribution in [3.63, 3.8) is 0 Å².